The van der Waals surface area contributed by atoms with E-state index in [9.17, 15) is 4.79 Å². The zero-order valence-corrected chi connectivity index (χ0v) is 14.5. The van der Waals surface area contributed by atoms with Crippen molar-refractivity contribution in [1.29, 1.82) is 5.26 Å². The van der Waals surface area contributed by atoms with Gasteiger partial charge in [-0.2, -0.15) is 5.26 Å². The molecule has 4 rings (SSSR count). The standard InChI is InChI=1S/C19H11N3OS2/c20-11-12-9-10-17(24-12)18(23)21-14-6-2-1-5-13(14)19-22-15-7-3-4-8-16(15)25-19/h1-10H,(H,21,23). The van der Waals surface area contributed by atoms with Crippen LogP contribution in [0.15, 0.2) is 60.7 Å². The maximum Gasteiger partial charge on any atom is 0.265 e. The molecule has 0 aliphatic rings. The number of nitriles is 1. The highest BCUT2D eigenvalue weighted by molar-refractivity contribution is 7.21. The molecule has 4 nitrogen and oxygen atoms in total. The topological polar surface area (TPSA) is 65.8 Å². The van der Waals surface area contributed by atoms with Crippen LogP contribution in [0.1, 0.15) is 14.5 Å². The van der Waals surface area contributed by atoms with Crippen LogP contribution in [0.4, 0.5) is 5.69 Å². The highest BCUT2D eigenvalue weighted by atomic mass is 32.1. The summed E-state index contributed by atoms with van der Waals surface area (Å²) >= 11 is 2.77. The highest BCUT2D eigenvalue weighted by Gasteiger charge is 2.14. The number of nitrogens with one attached hydrogen (secondary N) is 1. The Morgan fingerprint density at radius 1 is 1.00 bits per heavy atom. The normalized spacial score (nSPS) is 10.5. The molecule has 0 unspecified atom stereocenters. The minimum atomic E-state index is -0.222. The molecule has 120 valence electrons. The molecule has 1 amide bonds. The van der Waals surface area contributed by atoms with Crippen LogP contribution in [-0.4, -0.2) is 10.9 Å². The lowest BCUT2D eigenvalue weighted by molar-refractivity contribution is 0.103. The fraction of sp³-hybridized carbons (Fsp3) is 0. The summed E-state index contributed by atoms with van der Waals surface area (Å²) in [5, 5.41) is 12.7. The van der Waals surface area contributed by atoms with Crippen molar-refractivity contribution in [3.05, 3.63) is 70.4 Å². The maximum absolute atomic E-state index is 12.5. The molecule has 1 N–H and O–H groups in total. The van der Waals surface area contributed by atoms with Gasteiger partial charge in [0.25, 0.3) is 5.91 Å². The predicted molar refractivity (Wildman–Crippen MR) is 102 cm³/mol. The first-order valence-corrected chi connectivity index (χ1v) is 9.14. The Morgan fingerprint density at radius 3 is 2.60 bits per heavy atom. The van der Waals surface area contributed by atoms with Crippen LogP contribution >= 0.6 is 22.7 Å². The number of thiazole rings is 1. The maximum atomic E-state index is 12.5. The summed E-state index contributed by atoms with van der Waals surface area (Å²) in [6.07, 6.45) is 0. The van der Waals surface area contributed by atoms with Gasteiger partial charge >= 0.3 is 0 Å². The number of hydrogen-bond donors (Lipinski definition) is 1. The molecule has 25 heavy (non-hydrogen) atoms. The van der Waals surface area contributed by atoms with Gasteiger partial charge in [-0.1, -0.05) is 24.3 Å². The van der Waals surface area contributed by atoms with Gasteiger partial charge in [0.05, 0.1) is 20.8 Å². The molecule has 0 bridgehead atoms. The highest BCUT2D eigenvalue weighted by Crippen LogP contribution is 2.34. The van der Waals surface area contributed by atoms with Crippen molar-refractivity contribution in [1.82, 2.24) is 4.98 Å². The lowest BCUT2D eigenvalue weighted by atomic mass is 10.2. The van der Waals surface area contributed by atoms with E-state index in [0.29, 0.717) is 15.4 Å². The number of amides is 1. The molecule has 0 aliphatic heterocycles. The van der Waals surface area contributed by atoms with E-state index in [1.54, 1.807) is 23.5 Å². The quantitative estimate of drug-likeness (QED) is 0.549. The molecule has 6 heteroatoms. The third-order valence-corrected chi connectivity index (χ3v) is 5.70. The second-order valence-electron chi connectivity index (χ2n) is 5.26. The summed E-state index contributed by atoms with van der Waals surface area (Å²) in [6, 6.07) is 20.9. The number of para-hydroxylation sites is 2. The lowest BCUT2D eigenvalue weighted by Crippen LogP contribution is -2.10. The molecule has 2 aromatic carbocycles. The van der Waals surface area contributed by atoms with E-state index >= 15 is 0 Å². The van der Waals surface area contributed by atoms with E-state index in [0.717, 1.165) is 20.8 Å². The van der Waals surface area contributed by atoms with E-state index in [4.69, 9.17) is 5.26 Å². The van der Waals surface area contributed by atoms with Gasteiger partial charge in [-0.25, -0.2) is 4.98 Å². The second-order valence-corrected chi connectivity index (χ2v) is 7.38. The Hall–Kier alpha value is -3.01. The number of nitrogens with zero attached hydrogens (tertiary/aromatic N) is 2. The summed E-state index contributed by atoms with van der Waals surface area (Å²) in [4.78, 5) is 18.2. The van der Waals surface area contributed by atoms with Gasteiger partial charge in [-0.05, 0) is 36.4 Å². The zero-order valence-electron chi connectivity index (χ0n) is 12.9. The van der Waals surface area contributed by atoms with E-state index in [1.807, 2.05) is 54.6 Å². The molecule has 2 aromatic heterocycles. The Bertz CT molecular complexity index is 1090. The molecule has 0 fully saturated rings. The van der Waals surface area contributed by atoms with Gasteiger partial charge < -0.3 is 5.32 Å². The average Bonchev–Trinajstić information content (AvgIpc) is 3.29. The summed E-state index contributed by atoms with van der Waals surface area (Å²) in [5.74, 6) is -0.222. The smallest absolute Gasteiger partial charge is 0.265 e. The molecular formula is C19H11N3OS2. The van der Waals surface area contributed by atoms with Crippen molar-refractivity contribution in [2.75, 3.05) is 5.32 Å². The van der Waals surface area contributed by atoms with Crippen LogP contribution in [0.3, 0.4) is 0 Å². The molecule has 0 spiro atoms. The number of fused-ring (bicyclic) bond motifs is 1. The summed E-state index contributed by atoms with van der Waals surface area (Å²) < 4.78 is 1.11. The van der Waals surface area contributed by atoms with Crippen molar-refractivity contribution >= 4 is 44.5 Å². The monoisotopic (exact) mass is 361 g/mol. The SMILES string of the molecule is N#Cc1ccc(C(=O)Nc2ccccc2-c2nc3ccccc3s2)s1. The molecule has 2 heterocycles. The largest absolute Gasteiger partial charge is 0.321 e. The van der Waals surface area contributed by atoms with Crippen molar-refractivity contribution in [2.45, 2.75) is 0 Å². The number of thiophene rings is 1. The number of rotatable bonds is 3. The number of anilines is 1. The first-order chi connectivity index (χ1) is 12.2. The summed E-state index contributed by atoms with van der Waals surface area (Å²) in [7, 11) is 0. The molecular weight excluding hydrogens is 350 g/mol. The fourth-order valence-corrected chi connectivity index (χ4v) is 4.17. The van der Waals surface area contributed by atoms with Gasteiger partial charge in [0.15, 0.2) is 0 Å². The lowest BCUT2D eigenvalue weighted by Gasteiger charge is -2.08. The van der Waals surface area contributed by atoms with Gasteiger partial charge in [0.2, 0.25) is 0 Å². The number of carbonyl (C=O) groups excluding carboxylic acids is 1. The van der Waals surface area contributed by atoms with E-state index in [1.165, 1.54) is 11.3 Å². The van der Waals surface area contributed by atoms with E-state index in [2.05, 4.69) is 10.3 Å². The van der Waals surface area contributed by atoms with Crippen molar-refractivity contribution in [3.63, 3.8) is 0 Å². The van der Waals surface area contributed by atoms with E-state index < -0.39 is 0 Å². The van der Waals surface area contributed by atoms with Gasteiger partial charge in [0.1, 0.15) is 16.0 Å². The Balaban J connectivity index is 1.69. The first-order valence-electron chi connectivity index (χ1n) is 7.51. The van der Waals surface area contributed by atoms with E-state index in [-0.39, 0.29) is 5.91 Å². The Morgan fingerprint density at radius 2 is 1.80 bits per heavy atom. The minimum absolute atomic E-state index is 0.222. The average molecular weight is 361 g/mol. The Kier molecular flexibility index (Phi) is 4.02. The Labute approximate surface area is 152 Å². The molecule has 0 saturated carbocycles. The van der Waals surface area contributed by atoms with Crippen LogP contribution < -0.4 is 5.32 Å². The third kappa shape index (κ3) is 3.03. The second kappa shape index (κ2) is 6.48. The molecule has 0 atom stereocenters. The number of hydrogen-bond acceptors (Lipinski definition) is 5. The summed E-state index contributed by atoms with van der Waals surface area (Å²) in [5.41, 5.74) is 2.54. The molecule has 4 aromatic rings. The van der Waals surface area contributed by atoms with Crippen LogP contribution in [0.25, 0.3) is 20.8 Å². The van der Waals surface area contributed by atoms with Crippen molar-refractivity contribution < 1.29 is 4.79 Å². The minimum Gasteiger partial charge on any atom is -0.321 e. The first kappa shape index (κ1) is 15.5. The van der Waals surface area contributed by atoms with Crippen LogP contribution in [-0.2, 0) is 0 Å². The van der Waals surface area contributed by atoms with Crippen molar-refractivity contribution in [3.8, 4) is 16.6 Å². The number of carbonyl (C=O) groups is 1. The van der Waals surface area contributed by atoms with Gasteiger partial charge in [-0.15, -0.1) is 22.7 Å². The van der Waals surface area contributed by atoms with Crippen LogP contribution in [0.2, 0.25) is 0 Å². The molecule has 0 saturated heterocycles. The number of aromatic nitrogens is 1. The predicted octanol–water partition coefficient (Wildman–Crippen LogP) is 5.15. The van der Waals surface area contributed by atoms with Gasteiger partial charge in [0, 0.05) is 5.56 Å². The molecule has 0 radical (unpaired) electrons. The molecule has 0 aliphatic carbocycles. The van der Waals surface area contributed by atoms with Crippen molar-refractivity contribution in [2.24, 2.45) is 0 Å². The van der Waals surface area contributed by atoms with Crippen LogP contribution in [0.5, 0.6) is 0 Å². The van der Waals surface area contributed by atoms with Crippen LogP contribution in [0, 0.1) is 11.3 Å². The van der Waals surface area contributed by atoms with Gasteiger partial charge in [-0.3, -0.25) is 4.79 Å². The fourth-order valence-electron chi connectivity index (χ4n) is 2.47. The zero-order chi connectivity index (χ0) is 17.2. The third-order valence-electron chi connectivity index (χ3n) is 3.64. The summed E-state index contributed by atoms with van der Waals surface area (Å²) in [6.45, 7) is 0. The number of benzene rings is 2.